The first-order valence-corrected chi connectivity index (χ1v) is 8.61. The lowest BCUT2D eigenvalue weighted by molar-refractivity contribution is 0.282. The maximum atomic E-state index is 11.9. The highest BCUT2D eigenvalue weighted by Crippen LogP contribution is 2.20. The fraction of sp³-hybridized carbons (Fsp3) is 0.273. The fourth-order valence-corrected chi connectivity index (χ4v) is 4.39. The molecule has 0 aromatic carbocycles. The molecule has 0 atom stereocenters. The van der Waals surface area contributed by atoms with Gasteiger partial charge in [0.25, 0.3) is 0 Å². The predicted molar refractivity (Wildman–Crippen MR) is 73.5 cm³/mol. The first-order valence-electron chi connectivity index (χ1n) is 5.31. The summed E-state index contributed by atoms with van der Waals surface area (Å²) in [5.41, 5.74) is 1.75. The lowest BCUT2D eigenvalue weighted by Crippen LogP contribution is -2.25. The van der Waals surface area contributed by atoms with Gasteiger partial charge in [0.05, 0.1) is 6.61 Å². The largest absolute Gasteiger partial charge is 0.392 e. The van der Waals surface area contributed by atoms with E-state index in [9.17, 15) is 8.42 Å². The molecule has 0 unspecified atom stereocenters. The van der Waals surface area contributed by atoms with Crippen LogP contribution in [0.1, 0.15) is 11.1 Å². The number of aliphatic hydroxyl groups excluding tert-OH is 1. The average molecular weight is 303 g/mol. The van der Waals surface area contributed by atoms with Crippen molar-refractivity contribution in [2.24, 2.45) is 0 Å². The van der Waals surface area contributed by atoms with Crippen LogP contribution in [0.5, 0.6) is 0 Å². The van der Waals surface area contributed by atoms with Crippen molar-refractivity contribution < 1.29 is 13.5 Å². The number of hydrogen-bond acceptors (Lipinski definition) is 5. The molecular weight excluding hydrogens is 290 g/mol. The van der Waals surface area contributed by atoms with Crippen molar-refractivity contribution in [2.45, 2.75) is 17.2 Å². The van der Waals surface area contributed by atoms with Crippen molar-refractivity contribution >= 4 is 32.7 Å². The number of hydrogen-bond donors (Lipinski definition) is 2. The van der Waals surface area contributed by atoms with Gasteiger partial charge in [0, 0.05) is 6.54 Å². The van der Waals surface area contributed by atoms with Gasteiger partial charge in [-0.3, -0.25) is 0 Å². The zero-order chi connectivity index (χ0) is 13.0. The minimum atomic E-state index is -3.44. The second kappa shape index (κ2) is 5.94. The third-order valence-electron chi connectivity index (χ3n) is 2.36. The van der Waals surface area contributed by atoms with Gasteiger partial charge < -0.3 is 5.11 Å². The molecule has 2 aromatic heterocycles. The van der Waals surface area contributed by atoms with Crippen LogP contribution in [0, 0.1) is 0 Å². The van der Waals surface area contributed by atoms with E-state index in [4.69, 9.17) is 5.11 Å². The summed E-state index contributed by atoms with van der Waals surface area (Å²) in [6.07, 6.45) is 0.682. The van der Waals surface area contributed by atoms with E-state index in [2.05, 4.69) is 4.72 Å². The lowest BCUT2D eigenvalue weighted by Gasteiger charge is -2.03. The Labute approximate surface area is 114 Å². The van der Waals surface area contributed by atoms with E-state index >= 15 is 0 Å². The van der Waals surface area contributed by atoms with Crippen LogP contribution >= 0.6 is 22.7 Å². The van der Waals surface area contributed by atoms with Crippen LogP contribution in [0.4, 0.5) is 0 Å². The first kappa shape index (κ1) is 13.7. The van der Waals surface area contributed by atoms with Crippen molar-refractivity contribution in [1.29, 1.82) is 0 Å². The molecule has 2 N–H and O–H groups in total. The summed E-state index contributed by atoms with van der Waals surface area (Å²) in [6, 6.07) is 3.48. The molecule has 0 aliphatic heterocycles. The summed E-state index contributed by atoms with van der Waals surface area (Å²) in [4.78, 5) is 0. The SMILES string of the molecule is O=S(=O)(NCCc1ccsc1)c1cc(CO)cs1. The van der Waals surface area contributed by atoms with E-state index < -0.39 is 10.0 Å². The molecule has 0 saturated carbocycles. The van der Waals surface area contributed by atoms with Gasteiger partial charge in [0.1, 0.15) is 4.21 Å². The minimum absolute atomic E-state index is 0.138. The van der Waals surface area contributed by atoms with Crippen LogP contribution in [-0.4, -0.2) is 20.1 Å². The van der Waals surface area contributed by atoms with E-state index in [0.29, 0.717) is 18.5 Å². The first-order chi connectivity index (χ1) is 8.62. The average Bonchev–Trinajstić information content (AvgIpc) is 2.99. The topological polar surface area (TPSA) is 66.4 Å². The Bertz CT molecular complexity index is 587. The highest BCUT2D eigenvalue weighted by Gasteiger charge is 2.15. The van der Waals surface area contributed by atoms with Crippen LogP contribution < -0.4 is 4.72 Å². The Balaban J connectivity index is 1.95. The van der Waals surface area contributed by atoms with E-state index in [0.717, 1.165) is 16.9 Å². The summed E-state index contributed by atoms with van der Waals surface area (Å²) < 4.78 is 26.6. The van der Waals surface area contributed by atoms with Crippen LogP contribution in [0.2, 0.25) is 0 Å². The summed E-state index contributed by atoms with van der Waals surface area (Å²) in [5.74, 6) is 0. The molecule has 0 saturated heterocycles. The molecule has 7 heteroatoms. The van der Waals surface area contributed by atoms with E-state index in [1.54, 1.807) is 16.7 Å². The van der Waals surface area contributed by atoms with Gasteiger partial charge in [0.2, 0.25) is 10.0 Å². The molecule has 0 bridgehead atoms. The maximum Gasteiger partial charge on any atom is 0.250 e. The lowest BCUT2D eigenvalue weighted by atomic mass is 10.2. The monoisotopic (exact) mass is 303 g/mol. The molecule has 18 heavy (non-hydrogen) atoms. The standard InChI is InChI=1S/C11H13NO3S3/c13-6-10-5-11(17-8-10)18(14,15)12-3-1-9-2-4-16-7-9/h2,4-5,7-8,12-13H,1,3,6H2. The smallest absolute Gasteiger partial charge is 0.250 e. The quantitative estimate of drug-likeness (QED) is 0.855. The molecule has 4 nitrogen and oxygen atoms in total. The van der Waals surface area contributed by atoms with Crippen LogP contribution in [0.25, 0.3) is 0 Å². The normalized spacial score (nSPS) is 11.8. The molecule has 2 rings (SSSR count). The maximum absolute atomic E-state index is 11.9. The Kier molecular flexibility index (Phi) is 4.52. The van der Waals surface area contributed by atoms with Gasteiger partial charge in [-0.1, -0.05) is 0 Å². The molecule has 98 valence electrons. The van der Waals surface area contributed by atoms with Gasteiger partial charge in [0.15, 0.2) is 0 Å². The highest BCUT2D eigenvalue weighted by molar-refractivity contribution is 7.91. The van der Waals surface area contributed by atoms with Gasteiger partial charge in [-0.2, -0.15) is 11.3 Å². The molecule has 0 aliphatic rings. The van der Waals surface area contributed by atoms with Crippen molar-refractivity contribution in [2.75, 3.05) is 6.54 Å². The zero-order valence-electron chi connectivity index (χ0n) is 9.50. The van der Waals surface area contributed by atoms with Crippen molar-refractivity contribution in [3.8, 4) is 0 Å². The molecule has 2 aromatic rings. The van der Waals surface area contributed by atoms with Gasteiger partial charge in [-0.25, -0.2) is 13.1 Å². The van der Waals surface area contributed by atoms with Crippen molar-refractivity contribution in [1.82, 2.24) is 4.72 Å². The van der Waals surface area contributed by atoms with Crippen LogP contribution in [-0.2, 0) is 23.1 Å². The summed E-state index contributed by atoms with van der Waals surface area (Å²) in [5, 5.41) is 14.5. The van der Waals surface area contributed by atoms with Gasteiger partial charge in [-0.05, 0) is 45.8 Å². The summed E-state index contributed by atoms with van der Waals surface area (Å²) in [7, 11) is -3.44. The second-order valence-electron chi connectivity index (χ2n) is 3.71. The van der Waals surface area contributed by atoms with Crippen LogP contribution in [0.15, 0.2) is 32.5 Å². The fourth-order valence-electron chi connectivity index (χ4n) is 1.41. The Hall–Kier alpha value is -0.730. The molecule has 0 amide bonds. The van der Waals surface area contributed by atoms with Crippen molar-refractivity contribution in [3.63, 3.8) is 0 Å². The number of nitrogens with one attached hydrogen (secondary N) is 1. The summed E-state index contributed by atoms with van der Waals surface area (Å²) in [6.45, 7) is 0.242. The number of sulfonamides is 1. The Morgan fingerprint density at radius 3 is 2.72 bits per heavy atom. The molecule has 0 spiro atoms. The second-order valence-corrected chi connectivity index (χ2v) is 7.40. The molecule has 2 heterocycles. The third kappa shape index (κ3) is 3.39. The number of aliphatic hydroxyl groups is 1. The van der Waals surface area contributed by atoms with E-state index in [-0.39, 0.29) is 10.8 Å². The molecule has 0 aliphatic carbocycles. The van der Waals surface area contributed by atoms with Crippen LogP contribution in [0.3, 0.4) is 0 Å². The highest BCUT2D eigenvalue weighted by atomic mass is 32.2. The minimum Gasteiger partial charge on any atom is -0.392 e. The number of rotatable bonds is 6. The molecule has 0 fully saturated rings. The zero-order valence-corrected chi connectivity index (χ0v) is 11.9. The van der Waals surface area contributed by atoms with Crippen molar-refractivity contribution in [3.05, 3.63) is 39.4 Å². The van der Waals surface area contributed by atoms with E-state index in [1.807, 2.05) is 16.8 Å². The Morgan fingerprint density at radius 2 is 2.11 bits per heavy atom. The molecule has 0 radical (unpaired) electrons. The third-order valence-corrected chi connectivity index (χ3v) is 6.04. The number of thiophene rings is 2. The summed E-state index contributed by atoms with van der Waals surface area (Å²) >= 11 is 2.72. The van der Waals surface area contributed by atoms with Gasteiger partial charge in [-0.15, -0.1) is 11.3 Å². The van der Waals surface area contributed by atoms with E-state index in [1.165, 1.54) is 6.07 Å². The Morgan fingerprint density at radius 1 is 1.28 bits per heavy atom. The predicted octanol–water partition coefficient (Wildman–Crippen LogP) is 1.82. The van der Waals surface area contributed by atoms with Gasteiger partial charge >= 0.3 is 0 Å². The molecular formula is C11H13NO3S3.